The molecule has 1 saturated carbocycles. The van der Waals surface area contributed by atoms with E-state index in [1.54, 1.807) is 18.2 Å². The number of anilines is 1. The number of carbonyl (C=O) groups is 2. The van der Waals surface area contributed by atoms with Gasteiger partial charge in [-0.05, 0) is 48.4 Å². The lowest BCUT2D eigenvalue weighted by atomic mass is 9.75. The Morgan fingerprint density at radius 2 is 1.80 bits per heavy atom. The van der Waals surface area contributed by atoms with Crippen molar-refractivity contribution in [1.29, 1.82) is 0 Å². The van der Waals surface area contributed by atoms with Crippen LogP contribution in [-0.2, 0) is 11.3 Å². The highest BCUT2D eigenvalue weighted by Crippen LogP contribution is 2.36. The number of rotatable bonds is 4. The van der Waals surface area contributed by atoms with Crippen molar-refractivity contribution in [2.45, 2.75) is 38.7 Å². The molecule has 1 saturated heterocycles. The number of nitrogens with one attached hydrogen (secondary N) is 1. The van der Waals surface area contributed by atoms with E-state index in [0.717, 1.165) is 31.0 Å². The maximum Gasteiger partial charge on any atom is 0.411 e. The van der Waals surface area contributed by atoms with Gasteiger partial charge in [-0.1, -0.05) is 61.2 Å². The van der Waals surface area contributed by atoms with E-state index < -0.39 is 6.09 Å². The van der Waals surface area contributed by atoms with E-state index in [9.17, 15) is 9.59 Å². The Balaban J connectivity index is 1.34. The van der Waals surface area contributed by atoms with Crippen LogP contribution < -0.4 is 5.32 Å². The number of piperidine rings is 1. The van der Waals surface area contributed by atoms with Gasteiger partial charge < -0.3 is 9.64 Å². The van der Waals surface area contributed by atoms with Gasteiger partial charge >= 0.3 is 6.09 Å². The van der Waals surface area contributed by atoms with Crippen molar-refractivity contribution in [2.75, 3.05) is 18.4 Å². The van der Waals surface area contributed by atoms with E-state index in [2.05, 4.69) is 5.32 Å². The molecule has 6 heteroatoms. The molecule has 1 N–H and O–H groups in total. The summed E-state index contributed by atoms with van der Waals surface area (Å²) in [5.41, 5.74) is 1.89. The molecule has 4 rings (SSSR count). The number of nitrogens with zero attached hydrogens (tertiary/aromatic N) is 1. The van der Waals surface area contributed by atoms with Gasteiger partial charge in [0.15, 0.2) is 0 Å². The largest absolute Gasteiger partial charge is 0.444 e. The first kappa shape index (κ1) is 20.7. The van der Waals surface area contributed by atoms with Crippen molar-refractivity contribution >= 4 is 29.3 Å². The molecule has 5 nitrogen and oxygen atoms in total. The van der Waals surface area contributed by atoms with Crippen LogP contribution in [0.1, 0.15) is 48.0 Å². The van der Waals surface area contributed by atoms with Crippen LogP contribution in [0.4, 0.5) is 10.5 Å². The molecule has 0 spiro atoms. The van der Waals surface area contributed by atoms with E-state index in [4.69, 9.17) is 16.3 Å². The zero-order valence-corrected chi connectivity index (χ0v) is 17.7. The fourth-order valence-electron chi connectivity index (χ4n) is 4.60. The highest BCUT2D eigenvalue weighted by Gasteiger charge is 2.33. The molecular formula is C24H27ClN2O3. The molecule has 0 aromatic heterocycles. The minimum Gasteiger partial charge on any atom is -0.444 e. The highest BCUT2D eigenvalue weighted by atomic mass is 35.5. The minimum absolute atomic E-state index is 0.0257. The standard InChI is InChI=1S/C24H27ClN2O3/c25-22-14-20(26-24(29)30-16-17-6-2-1-3-7-17)10-11-21(22)23(28)27-13-12-18-8-4-5-9-19(18)15-27/h1-3,6-7,10-11,14,18-19H,4-5,8-9,12-13,15-16H2,(H,26,29)/t18-,19+/m1/s1. The topological polar surface area (TPSA) is 58.6 Å². The molecule has 2 amide bonds. The number of hydrogen-bond acceptors (Lipinski definition) is 3. The third-order valence-electron chi connectivity index (χ3n) is 6.24. The molecule has 2 fully saturated rings. The highest BCUT2D eigenvalue weighted by molar-refractivity contribution is 6.34. The lowest BCUT2D eigenvalue weighted by Gasteiger charge is -2.41. The van der Waals surface area contributed by atoms with E-state index in [1.165, 1.54) is 25.7 Å². The van der Waals surface area contributed by atoms with E-state index in [-0.39, 0.29) is 12.5 Å². The molecule has 2 aromatic carbocycles. The average Bonchev–Trinajstić information content (AvgIpc) is 2.78. The molecule has 2 aliphatic rings. The van der Waals surface area contributed by atoms with Gasteiger partial charge in [0.2, 0.25) is 0 Å². The van der Waals surface area contributed by atoms with Crippen molar-refractivity contribution in [2.24, 2.45) is 11.8 Å². The van der Waals surface area contributed by atoms with Gasteiger partial charge in [-0.15, -0.1) is 0 Å². The number of likely N-dealkylation sites (tertiary alicyclic amines) is 1. The van der Waals surface area contributed by atoms with Crippen LogP contribution in [0.25, 0.3) is 0 Å². The van der Waals surface area contributed by atoms with Gasteiger partial charge in [-0.3, -0.25) is 10.1 Å². The second-order valence-corrected chi connectivity index (χ2v) is 8.63. The number of carbonyl (C=O) groups excluding carboxylic acids is 2. The maximum absolute atomic E-state index is 13.0. The summed E-state index contributed by atoms with van der Waals surface area (Å²) in [6.45, 7) is 1.81. The zero-order chi connectivity index (χ0) is 20.9. The minimum atomic E-state index is -0.562. The molecule has 2 atom stereocenters. The lowest BCUT2D eigenvalue weighted by molar-refractivity contribution is 0.0521. The van der Waals surface area contributed by atoms with Gasteiger partial charge in [-0.2, -0.15) is 0 Å². The molecule has 1 aliphatic carbocycles. The van der Waals surface area contributed by atoms with Crippen molar-refractivity contribution in [1.82, 2.24) is 4.90 Å². The summed E-state index contributed by atoms with van der Waals surface area (Å²) in [4.78, 5) is 27.0. The van der Waals surface area contributed by atoms with E-state index in [1.807, 2.05) is 35.2 Å². The Bertz CT molecular complexity index is 903. The molecular weight excluding hydrogens is 400 g/mol. The van der Waals surface area contributed by atoms with E-state index >= 15 is 0 Å². The summed E-state index contributed by atoms with van der Waals surface area (Å²) >= 11 is 6.40. The molecule has 158 valence electrons. The van der Waals surface area contributed by atoms with Crippen LogP contribution in [0.2, 0.25) is 5.02 Å². The second-order valence-electron chi connectivity index (χ2n) is 8.23. The van der Waals surface area contributed by atoms with Gasteiger partial charge in [0.25, 0.3) is 5.91 Å². The number of ether oxygens (including phenoxy) is 1. The first-order valence-corrected chi connectivity index (χ1v) is 11.0. The Morgan fingerprint density at radius 3 is 2.57 bits per heavy atom. The number of amides is 2. The monoisotopic (exact) mass is 426 g/mol. The summed E-state index contributed by atoms with van der Waals surface area (Å²) in [6, 6.07) is 14.4. The number of halogens is 1. The number of fused-ring (bicyclic) bond motifs is 1. The quantitative estimate of drug-likeness (QED) is 0.678. The third-order valence-corrected chi connectivity index (χ3v) is 6.55. The fraction of sp³-hybridized carbons (Fsp3) is 0.417. The second kappa shape index (κ2) is 9.52. The molecule has 1 heterocycles. The van der Waals surface area contributed by atoms with Crippen molar-refractivity contribution in [3.05, 3.63) is 64.7 Å². The van der Waals surface area contributed by atoms with Crippen LogP contribution in [0.15, 0.2) is 48.5 Å². The summed E-state index contributed by atoms with van der Waals surface area (Å²) in [6.07, 6.45) is 5.63. The number of hydrogen-bond donors (Lipinski definition) is 1. The summed E-state index contributed by atoms with van der Waals surface area (Å²) in [5.74, 6) is 1.37. The molecule has 1 aliphatic heterocycles. The SMILES string of the molecule is O=C(Nc1ccc(C(=O)N2CC[C@H]3CCCC[C@H]3C2)c(Cl)c1)OCc1ccccc1. The van der Waals surface area contributed by atoms with Crippen molar-refractivity contribution in [3.8, 4) is 0 Å². The predicted molar refractivity (Wildman–Crippen MR) is 118 cm³/mol. The first-order chi connectivity index (χ1) is 14.6. The Hall–Kier alpha value is -2.53. The van der Waals surface area contributed by atoms with Crippen molar-refractivity contribution < 1.29 is 14.3 Å². The molecule has 30 heavy (non-hydrogen) atoms. The van der Waals surface area contributed by atoms with Crippen LogP contribution in [0.5, 0.6) is 0 Å². The third kappa shape index (κ3) is 4.96. The van der Waals surface area contributed by atoms with Gasteiger partial charge in [0.1, 0.15) is 6.61 Å². The predicted octanol–water partition coefficient (Wildman–Crippen LogP) is 5.74. The van der Waals surface area contributed by atoms with E-state index in [0.29, 0.717) is 22.2 Å². The van der Waals surface area contributed by atoms with Gasteiger partial charge in [-0.25, -0.2) is 4.79 Å². The fourth-order valence-corrected chi connectivity index (χ4v) is 4.86. The molecule has 0 bridgehead atoms. The normalized spacial score (nSPS) is 20.9. The Labute approximate surface area is 182 Å². The molecule has 0 radical (unpaired) electrons. The smallest absolute Gasteiger partial charge is 0.411 e. The van der Waals surface area contributed by atoms with Gasteiger partial charge in [0.05, 0.1) is 10.6 Å². The Kier molecular flexibility index (Phi) is 6.58. The molecule has 2 aromatic rings. The zero-order valence-electron chi connectivity index (χ0n) is 17.0. The van der Waals surface area contributed by atoms with Gasteiger partial charge in [0, 0.05) is 18.8 Å². The van der Waals surface area contributed by atoms with Crippen LogP contribution in [-0.4, -0.2) is 30.0 Å². The Morgan fingerprint density at radius 1 is 1.03 bits per heavy atom. The lowest BCUT2D eigenvalue weighted by Crippen LogP contribution is -2.44. The average molecular weight is 427 g/mol. The van der Waals surface area contributed by atoms with Crippen LogP contribution in [0.3, 0.4) is 0 Å². The van der Waals surface area contributed by atoms with Crippen LogP contribution >= 0.6 is 11.6 Å². The number of benzene rings is 2. The summed E-state index contributed by atoms with van der Waals surface area (Å²) in [5, 5.41) is 3.00. The van der Waals surface area contributed by atoms with Crippen molar-refractivity contribution in [3.63, 3.8) is 0 Å². The van der Waals surface area contributed by atoms with Crippen LogP contribution in [0, 0.1) is 11.8 Å². The molecule has 0 unspecified atom stereocenters. The first-order valence-electron chi connectivity index (χ1n) is 10.7. The summed E-state index contributed by atoms with van der Waals surface area (Å²) < 4.78 is 5.23. The maximum atomic E-state index is 13.0. The summed E-state index contributed by atoms with van der Waals surface area (Å²) in [7, 11) is 0.